The summed E-state index contributed by atoms with van der Waals surface area (Å²) in [4.78, 5) is 1.03. The minimum atomic E-state index is 0.721. The van der Waals surface area contributed by atoms with E-state index in [1.165, 1.54) is 11.3 Å². The summed E-state index contributed by atoms with van der Waals surface area (Å²) in [5, 5.41) is 4.90. The largest absolute Gasteiger partial charge is 0.384 e. The highest BCUT2D eigenvalue weighted by Gasteiger charge is 2.02. The molecular formula is C15H15Cl2NS. The standard InChI is InChI=1S/C15H15Cl2NS/c1-11-4-2-3-5-14(11)18-8-9-19-15-10-12(16)6-7-13(15)17/h2-7,10,18H,8-9H2,1H3. The molecule has 0 saturated carbocycles. The van der Waals surface area contributed by atoms with Gasteiger partial charge in [-0.05, 0) is 36.8 Å². The van der Waals surface area contributed by atoms with E-state index in [2.05, 4.69) is 24.4 Å². The predicted molar refractivity (Wildman–Crippen MR) is 86.9 cm³/mol. The third-order valence-corrected chi connectivity index (χ3v) is 4.45. The molecule has 100 valence electrons. The zero-order chi connectivity index (χ0) is 13.7. The van der Waals surface area contributed by atoms with Crippen molar-refractivity contribution in [2.45, 2.75) is 11.8 Å². The van der Waals surface area contributed by atoms with E-state index in [0.717, 1.165) is 27.2 Å². The number of halogens is 2. The van der Waals surface area contributed by atoms with Gasteiger partial charge in [-0.3, -0.25) is 0 Å². The van der Waals surface area contributed by atoms with E-state index in [0.29, 0.717) is 0 Å². The molecule has 0 spiro atoms. The van der Waals surface area contributed by atoms with Crippen molar-refractivity contribution < 1.29 is 0 Å². The third-order valence-electron chi connectivity index (χ3n) is 2.71. The molecule has 0 heterocycles. The first-order valence-electron chi connectivity index (χ1n) is 6.04. The molecule has 0 saturated heterocycles. The summed E-state index contributed by atoms with van der Waals surface area (Å²) >= 11 is 13.8. The highest BCUT2D eigenvalue weighted by molar-refractivity contribution is 7.99. The summed E-state index contributed by atoms with van der Waals surface area (Å²) in [6, 6.07) is 13.8. The van der Waals surface area contributed by atoms with Crippen LogP contribution in [-0.4, -0.2) is 12.3 Å². The number of para-hydroxylation sites is 1. The first-order chi connectivity index (χ1) is 9.16. The van der Waals surface area contributed by atoms with Crippen LogP contribution < -0.4 is 5.32 Å². The molecule has 1 nitrogen and oxygen atoms in total. The van der Waals surface area contributed by atoms with Crippen LogP contribution in [0.1, 0.15) is 5.56 Å². The Bertz CT molecular complexity index is 558. The highest BCUT2D eigenvalue weighted by atomic mass is 35.5. The third kappa shape index (κ3) is 4.34. The molecule has 1 N–H and O–H groups in total. The van der Waals surface area contributed by atoms with E-state index < -0.39 is 0 Å². The van der Waals surface area contributed by atoms with Gasteiger partial charge in [0, 0.05) is 27.9 Å². The van der Waals surface area contributed by atoms with Gasteiger partial charge in [0.2, 0.25) is 0 Å². The van der Waals surface area contributed by atoms with Gasteiger partial charge in [-0.15, -0.1) is 11.8 Å². The molecule has 0 atom stereocenters. The Hall–Kier alpha value is -0.830. The first-order valence-corrected chi connectivity index (χ1v) is 7.78. The second-order valence-corrected chi connectivity index (χ2v) is 6.15. The molecule has 2 aromatic carbocycles. The van der Waals surface area contributed by atoms with Gasteiger partial charge in [0.15, 0.2) is 0 Å². The molecule has 19 heavy (non-hydrogen) atoms. The highest BCUT2D eigenvalue weighted by Crippen LogP contribution is 2.29. The molecule has 0 aliphatic heterocycles. The quantitative estimate of drug-likeness (QED) is 0.577. The van der Waals surface area contributed by atoms with Crippen molar-refractivity contribution >= 4 is 40.7 Å². The number of hydrogen-bond donors (Lipinski definition) is 1. The van der Waals surface area contributed by atoms with E-state index in [1.54, 1.807) is 17.8 Å². The summed E-state index contributed by atoms with van der Waals surface area (Å²) in [5.41, 5.74) is 2.44. The number of aryl methyl sites for hydroxylation is 1. The van der Waals surface area contributed by atoms with Crippen molar-refractivity contribution in [2.24, 2.45) is 0 Å². The molecule has 2 rings (SSSR count). The maximum Gasteiger partial charge on any atom is 0.0542 e. The van der Waals surface area contributed by atoms with Crippen LogP contribution in [0.3, 0.4) is 0 Å². The van der Waals surface area contributed by atoms with Crippen molar-refractivity contribution in [3.63, 3.8) is 0 Å². The molecule has 2 aromatic rings. The molecule has 0 radical (unpaired) electrons. The van der Waals surface area contributed by atoms with E-state index >= 15 is 0 Å². The van der Waals surface area contributed by atoms with Gasteiger partial charge in [-0.2, -0.15) is 0 Å². The number of hydrogen-bond acceptors (Lipinski definition) is 2. The fourth-order valence-electron chi connectivity index (χ4n) is 1.71. The minimum absolute atomic E-state index is 0.721. The summed E-state index contributed by atoms with van der Waals surface area (Å²) in [6.07, 6.45) is 0. The Morgan fingerprint density at radius 3 is 2.68 bits per heavy atom. The first kappa shape index (κ1) is 14.6. The molecule has 0 fully saturated rings. The van der Waals surface area contributed by atoms with Crippen LogP contribution in [0.2, 0.25) is 10.0 Å². The zero-order valence-electron chi connectivity index (χ0n) is 10.6. The van der Waals surface area contributed by atoms with Crippen molar-refractivity contribution in [1.29, 1.82) is 0 Å². The molecule has 0 aromatic heterocycles. The van der Waals surface area contributed by atoms with Crippen LogP contribution in [0.4, 0.5) is 5.69 Å². The van der Waals surface area contributed by atoms with Gasteiger partial charge in [-0.1, -0.05) is 41.4 Å². The number of benzene rings is 2. The van der Waals surface area contributed by atoms with E-state index in [1.807, 2.05) is 24.3 Å². The maximum absolute atomic E-state index is 6.12. The topological polar surface area (TPSA) is 12.0 Å². The number of nitrogens with one attached hydrogen (secondary N) is 1. The lowest BCUT2D eigenvalue weighted by molar-refractivity contribution is 1.21. The Morgan fingerprint density at radius 2 is 1.89 bits per heavy atom. The zero-order valence-corrected chi connectivity index (χ0v) is 12.9. The summed E-state index contributed by atoms with van der Waals surface area (Å²) in [5.74, 6) is 0.939. The Balaban J connectivity index is 1.84. The fourth-order valence-corrected chi connectivity index (χ4v) is 3.06. The van der Waals surface area contributed by atoms with E-state index in [9.17, 15) is 0 Å². The molecule has 4 heteroatoms. The van der Waals surface area contributed by atoms with Crippen molar-refractivity contribution in [3.05, 3.63) is 58.1 Å². The summed E-state index contributed by atoms with van der Waals surface area (Å²) in [7, 11) is 0. The predicted octanol–water partition coefficient (Wildman–Crippen LogP) is 5.51. The second-order valence-electron chi connectivity index (χ2n) is 4.16. The Morgan fingerprint density at radius 1 is 1.11 bits per heavy atom. The van der Waals surface area contributed by atoms with Gasteiger partial charge < -0.3 is 5.32 Å². The van der Waals surface area contributed by atoms with E-state index in [-0.39, 0.29) is 0 Å². The fraction of sp³-hybridized carbons (Fsp3) is 0.200. The van der Waals surface area contributed by atoms with Crippen LogP contribution in [0.25, 0.3) is 0 Å². The Labute approximate surface area is 128 Å². The molecule has 0 amide bonds. The number of anilines is 1. The van der Waals surface area contributed by atoms with Gasteiger partial charge in [0.05, 0.1) is 5.02 Å². The van der Waals surface area contributed by atoms with Gasteiger partial charge in [-0.25, -0.2) is 0 Å². The average molecular weight is 312 g/mol. The molecule has 0 bridgehead atoms. The van der Waals surface area contributed by atoms with Crippen molar-refractivity contribution in [1.82, 2.24) is 0 Å². The maximum atomic E-state index is 6.12. The summed E-state index contributed by atoms with van der Waals surface area (Å²) in [6.45, 7) is 2.99. The molecule has 0 aliphatic carbocycles. The smallest absolute Gasteiger partial charge is 0.0542 e. The van der Waals surface area contributed by atoms with E-state index in [4.69, 9.17) is 23.2 Å². The average Bonchev–Trinajstić information content (AvgIpc) is 2.40. The van der Waals surface area contributed by atoms with Crippen LogP contribution in [0, 0.1) is 6.92 Å². The summed E-state index contributed by atoms with van der Waals surface area (Å²) < 4.78 is 0. The van der Waals surface area contributed by atoms with Gasteiger partial charge in [0.25, 0.3) is 0 Å². The van der Waals surface area contributed by atoms with Crippen molar-refractivity contribution in [2.75, 3.05) is 17.6 Å². The SMILES string of the molecule is Cc1ccccc1NCCSc1cc(Cl)ccc1Cl. The van der Waals surface area contributed by atoms with Gasteiger partial charge >= 0.3 is 0 Å². The lowest BCUT2D eigenvalue weighted by Crippen LogP contribution is -2.05. The normalized spacial score (nSPS) is 10.5. The van der Waals surface area contributed by atoms with Crippen LogP contribution in [0.15, 0.2) is 47.4 Å². The van der Waals surface area contributed by atoms with Crippen LogP contribution in [-0.2, 0) is 0 Å². The molecule has 0 aliphatic rings. The second kappa shape index (κ2) is 7.09. The number of thioether (sulfide) groups is 1. The number of rotatable bonds is 5. The Kier molecular flexibility index (Phi) is 5.44. The van der Waals surface area contributed by atoms with Gasteiger partial charge in [0.1, 0.15) is 0 Å². The lowest BCUT2D eigenvalue weighted by Gasteiger charge is -2.09. The van der Waals surface area contributed by atoms with Crippen molar-refractivity contribution in [3.8, 4) is 0 Å². The molecular weight excluding hydrogens is 297 g/mol. The monoisotopic (exact) mass is 311 g/mol. The van der Waals surface area contributed by atoms with Crippen LogP contribution >= 0.6 is 35.0 Å². The lowest BCUT2D eigenvalue weighted by atomic mass is 10.2. The minimum Gasteiger partial charge on any atom is -0.384 e. The van der Waals surface area contributed by atoms with Crippen LogP contribution in [0.5, 0.6) is 0 Å². The molecule has 0 unspecified atom stereocenters.